The van der Waals surface area contributed by atoms with Gasteiger partial charge in [-0.2, -0.15) is 13.2 Å². The van der Waals surface area contributed by atoms with Crippen LogP contribution < -0.4 is 11.5 Å². The van der Waals surface area contributed by atoms with Crippen molar-refractivity contribution >= 4 is 29.1 Å². The lowest BCUT2D eigenvalue weighted by Crippen LogP contribution is -2.51. The van der Waals surface area contributed by atoms with Crippen LogP contribution in [0.1, 0.15) is 24.1 Å². The van der Waals surface area contributed by atoms with Gasteiger partial charge in [0.1, 0.15) is 5.60 Å². The van der Waals surface area contributed by atoms with Gasteiger partial charge in [-0.1, -0.05) is 23.2 Å². The molecule has 1 aliphatic rings. The highest BCUT2D eigenvalue weighted by Gasteiger charge is 2.46. The molecule has 0 bridgehead atoms. The standard InChI is InChI=1S/C17H19Cl2F3N4O2/c1-28-16(14-12(17(20,21)22)6-11(18)8-25-14)3-2-4-26(9-16)15(27)10(7-23)5-13(19)24/h5-8H,2-4,9,23-24H2,1H3/b10-7+,13-5-. The van der Waals surface area contributed by atoms with Crippen LogP contribution in [0.5, 0.6) is 0 Å². The summed E-state index contributed by atoms with van der Waals surface area (Å²) in [5.41, 5.74) is 8.06. The Morgan fingerprint density at radius 3 is 2.68 bits per heavy atom. The van der Waals surface area contributed by atoms with Crippen molar-refractivity contribution < 1.29 is 22.7 Å². The van der Waals surface area contributed by atoms with E-state index in [1.807, 2.05) is 0 Å². The maximum absolute atomic E-state index is 13.6. The van der Waals surface area contributed by atoms with Crippen LogP contribution in [0.25, 0.3) is 0 Å². The van der Waals surface area contributed by atoms with Crippen molar-refractivity contribution in [1.82, 2.24) is 9.88 Å². The molecule has 1 aliphatic heterocycles. The van der Waals surface area contributed by atoms with E-state index in [9.17, 15) is 18.0 Å². The molecular formula is C17H19Cl2F3N4O2. The Morgan fingerprint density at radius 2 is 2.14 bits per heavy atom. The van der Waals surface area contributed by atoms with Gasteiger partial charge in [0.25, 0.3) is 5.91 Å². The summed E-state index contributed by atoms with van der Waals surface area (Å²) >= 11 is 11.3. The summed E-state index contributed by atoms with van der Waals surface area (Å²) in [6.07, 6.45) is -0.741. The Hall–Kier alpha value is -1.97. The molecule has 0 saturated carbocycles. The fourth-order valence-corrected chi connectivity index (χ4v) is 3.46. The van der Waals surface area contributed by atoms with E-state index in [1.165, 1.54) is 18.1 Å². The minimum atomic E-state index is -4.69. The number of piperidine rings is 1. The lowest BCUT2D eigenvalue weighted by atomic mass is 9.86. The highest BCUT2D eigenvalue weighted by molar-refractivity contribution is 6.30. The Morgan fingerprint density at radius 1 is 1.46 bits per heavy atom. The number of likely N-dealkylation sites (tertiary alicyclic amines) is 1. The summed E-state index contributed by atoms with van der Waals surface area (Å²) in [6, 6.07) is 0.799. The topological polar surface area (TPSA) is 94.5 Å². The van der Waals surface area contributed by atoms with Crippen LogP contribution in [0.2, 0.25) is 5.02 Å². The third-order valence-electron chi connectivity index (χ3n) is 4.44. The molecule has 154 valence electrons. The minimum Gasteiger partial charge on any atom is -0.404 e. The number of alkyl halides is 3. The lowest BCUT2D eigenvalue weighted by Gasteiger charge is -2.42. The number of amides is 1. The van der Waals surface area contributed by atoms with Gasteiger partial charge in [-0.15, -0.1) is 0 Å². The summed E-state index contributed by atoms with van der Waals surface area (Å²) in [5.74, 6) is -0.533. The average Bonchev–Trinajstić information content (AvgIpc) is 2.64. The first-order valence-electron chi connectivity index (χ1n) is 8.16. The number of nitrogens with two attached hydrogens (primary N) is 2. The smallest absolute Gasteiger partial charge is 0.404 e. The summed E-state index contributed by atoms with van der Waals surface area (Å²) in [6.45, 7) is 0.139. The number of nitrogens with zero attached hydrogens (tertiary/aromatic N) is 2. The molecule has 11 heteroatoms. The molecule has 1 fully saturated rings. The van der Waals surface area contributed by atoms with Crippen LogP contribution in [0.3, 0.4) is 0 Å². The molecule has 4 N–H and O–H groups in total. The molecule has 1 aromatic heterocycles. The molecule has 0 aromatic carbocycles. The average molecular weight is 439 g/mol. The fourth-order valence-electron chi connectivity index (χ4n) is 3.18. The van der Waals surface area contributed by atoms with E-state index < -0.39 is 23.2 Å². The van der Waals surface area contributed by atoms with Gasteiger partial charge in [0, 0.05) is 26.1 Å². The zero-order chi connectivity index (χ0) is 21.1. The second-order valence-corrected chi connectivity index (χ2v) is 7.10. The summed E-state index contributed by atoms with van der Waals surface area (Å²) < 4.78 is 46.2. The van der Waals surface area contributed by atoms with Crippen LogP contribution in [0.4, 0.5) is 13.2 Å². The molecule has 1 atom stereocenters. The molecule has 1 amide bonds. The molecule has 1 unspecified atom stereocenters. The SMILES string of the molecule is COC1(c2ncc(Cl)cc2C(F)(F)F)CCCN(C(=O)C(/C=C(\N)Cl)=C/N)C1. The van der Waals surface area contributed by atoms with Gasteiger partial charge in [-0.3, -0.25) is 9.78 Å². The van der Waals surface area contributed by atoms with Gasteiger partial charge < -0.3 is 21.1 Å². The van der Waals surface area contributed by atoms with E-state index in [2.05, 4.69) is 4.98 Å². The molecule has 6 nitrogen and oxygen atoms in total. The predicted octanol–water partition coefficient (Wildman–Crippen LogP) is 3.10. The van der Waals surface area contributed by atoms with Gasteiger partial charge in [-0.25, -0.2) is 0 Å². The number of hydrogen-bond donors (Lipinski definition) is 2. The van der Waals surface area contributed by atoms with Crippen molar-refractivity contribution in [2.45, 2.75) is 24.6 Å². The summed E-state index contributed by atoms with van der Waals surface area (Å²) in [7, 11) is 1.28. The highest BCUT2D eigenvalue weighted by atomic mass is 35.5. The zero-order valence-electron chi connectivity index (χ0n) is 14.9. The maximum Gasteiger partial charge on any atom is 0.418 e. The largest absolute Gasteiger partial charge is 0.418 e. The molecule has 2 heterocycles. The molecule has 1 saturated heterocycles. The Bertz CT molecular complexity index is 810. The number of ether oxygens (including phenoxy) is 1. The van der Waals surface area contributed by atoms with Gasteiger partial charge in [0.2, 0.25) is 0 Å². The highest BCUT2D eigenvalue weighted by Crippen LogP contribution is 2.42. The lowest BCUT2D eigenvalue weighted by molar-refractivity contribution is -0.147. The number of carbonyl (C=O) groups excluding carboxylic acids is 1. The van der Waals surface area contributed by atoms with Crippen molar-refractivity contribution in [1.29, 1.82) is 0 Å². The predicted molar refractivity (Wildman–Crippen MR) is 99.1 cm³/mol. The van der Waals surface area contributed by atoms with Crippen LogP contribution in [0, 0.1) is 0 Å². The molecule has 2 rings (SSSR count). The van der Waals surface area contributed by atoms with Crippen LogP contribution in [-0.4, -0.2) is 36.0 Å². The third kappa shape index (κ3) is 4.71. The number of methoxy groups -OCH3 is 1. The van der Waals surface area contributed by atoms with Gasteiger partial charge in [0.15, 0.2) is 0 Å². The quantitative estimate of drug-likeness (QED) is 0.427. The Labute approximate surface area is 169 Å². The first-order valence-corrected chi connectivity index (χ1v) is 8.92. The monoisotopic (exact) mass is 438 g/mol. The van der Waals surface area contributed by atoms with E-state index in [4.69, 9.17) is 39.4 Å². The summed E-state index contributed by atoms with van der Waals surface area (Å²) in [5, 5.41) is -0.305. The second-order valence-electron chi connectivity index (χ2n) is 6.23. The van der Waals surface area contributed by atoms with Crippen LogP contribution in [-0.2, 0) is 21.3 Å². The number of carbonyl (C=O) groups is 1. The number of pyridine rings is 1. The van der Waals surface area contributed by atoms with Crippen LogP contribution >= 0.6 is 23.2 Å². The summed E-state index contributed by atoms with van der Waals surface area (Å²) in [4.78, 5) is 18.0. The third-order valence-corrected chi connectivity index (χ3v) is 4.76. The Kier molecular flexibility index (Phi) is 6.84. The van der Waals surface area contributed by atoms with Crippen molar-refractivity contribution in [2.24, 2.45) is 11.5 Å². The molecule has 28 heavy (non-hydrogen) atoms. The van der Waals surface area contributed by atoms with E-state index >= 15 is 0 Å². The molecule has 0 radical (unpaired) electrons. The zero-order valence-corrected chi connectivity index (χ0v) is 16.4. The molecule has 0 spiro atoms. The van der Waals surface area contributed by atoms with E-state index in [0.717, 1.165) is 18.5 Å². The second kappa shape index (κ2) is 8.59. The fraction of sp³-hybridized carbons (Fsp3) is 0.412. The minimum absolute atomic E-state index is 0.0134. The van der Waals surface area contributed by atoms with Crippen molar-refractivity contribution in [3.05, 3.63) is 51.5 Å². The molecular weight excluding hydrogens is 420 g/mol. The Balaban J connectivity index is 2.47. The van der Waals surface area contributed by atoms with Crippen molar-refractivity contribution in [3.63, 3.8) is 0 Å². The van der Waals surface area contributed by atoms with Gasteiger partial charge in [-0.05, 0) is 25.0 Å². The number of aromatic nitrogens is 1. The molecule has 0 aliphatic carbocycles. The van der Waals surface area contributed by atoms with Crippen LogP contribution in [0.15, 0.2) is 35.3 Å². The normalized spacial score (nSPS) is 21.7. The van der Waals surface area contributed by atoms with Gasteiger partial charge >= 0.3 is 6.18 Å². The maximum atomic E-state index is 13.6. The first kappa shape index (κ1) is 22.3. The van der Waals surface area contributed by atoms with E-state index in [-0.39, 0.29) is 34.4 Å². The van der Waals surface area contributed by atoms with Crippen molar-refractivity contribution in [2.75, 3.05) is 20.2 Å². The first-order chi connectivity index (χ1) is 13.0. The van der Waals surface area contributed by atoms with E-state index in [0.29, 0.717) is 13.0 Å². The van der Waals surface area contributed by atoms with Crippen molar-refractivity contribution in [3.8, 4) is 0 Å². The van der Waals surface area contributed by atoms with E-state index in [1.54, 1.807) is 0 Å². The number of halogens is 5. The number of hydrogen-bond acceptors (Lipinski definition) is 5. The number of rotatable bonds is 4. The molecule has 1 aromatic rings. The van der Waals surface area contributed by atoms with Gasteiger partial charge in [0.05, 0.1) is 33.6 Å².